The summed E-state index contributed by atoms with van der Waals surface area (Å²) < 4.78 is 1.96. The summed E-state index contributed by atoms with van der Waals surface area (Å²) in [7, 11) is 0. The molecule has 0 aromatic carbocycles. The second kappa shape index (κ2) is 7.04. The maximum Gasteiger partial charge on any atom is 0.264 e. The van der Waals surface area contributed by atoms with E-state index in [0.717, 1.165) is 37.0 Å². The monoisotopic (exact) mass is 339 g/mol. The van der Waals surface area contributed by atoms with Gasteiger partial charge in [0.2, 0.25) is 6.10 Å². The van der Waals surface area contributed by atoms with Crippen molar-refractivity contribution in [3.63, 3.8) is 0 Å². The number of nitrogens with zero attached hydrogens (tertiary/aromatic N) is 4. The predicted molar refractivity (Wildman–Crippen MR) is 91.9 cm³/mol. The molecule has 0 spiro atoms. The van der Waals surface area contributed by atoms with E-state index in [9.17, 15) is 4.79 Å². The van der Waals surface area contributed by atoms with Gasteiger partial charge in [0.25, 0.3) is 5.91 Å². The molecule has 7 heteroatoms. The van der Waals surface area contributed by atoms with E-state index in [1.54, 1.807) is 18.6 Å². The molecule has 2 aromatic rings. The van der Waals surface area contributed by atoms with Gasteiger partial charge in [0.1, 0.15) is 0 Å². The van der Waals surface area contributed by atoms with E-state index in [4.69, 9.17) is 4.84 Å². The lowest BCUT2D eigenvalue weighted by molar-refractivity contribution is -0.132. The van der Waals surface area contributed by atoms with Crippen LogP contribution in [-0.4, -0.2) is 38.5 Å². The molecule has 1 N–H and O–H groups in total. The van der Waals surface area contributed by atoms with Crippen LogP contribution in [0.2, 0.25) is 0 Å². The Bertz CT molecular complexity index is 744. The molecule has 4 rings (SSSR count). The lowest BCUT2D eigenvalue weighted by atomic mass is 9.90. The van der Waals surface area contributed by atoms with E-state index >= 15 is 0 Å². The number of rotatable bonds is 4. The minimum absolute atomic E-state index is 0.0761. The molecule has 3 heterocycles. The van der Waals surface area contributed by atoms with Gasteiger partial charge in [0.15, 0.2) is 0 Å². The Morgan fingerprint density at radius 2 is 2.16 bits per heavy atom. The molecule has 1 aliphatic carbocycles. The van der Waals surface area contributed by atoms with Gasteiger partial charge in [-0.3, -0.25) is 14.5 Å². The van der Waals surface area contributed by atoms with E-state index < -0.39 is 6.10 Å². The molecular weight excluding hydrogens is 318 g/mol. The van der Waals surface area contributed by atoms with Crippen molar-refractivity contribution in [2.24, 2.45) is 5.16 Å². The maximum absolute atomic E-state index is 12.7. The number of hydrogen-bond acceptors (Lipinski definition) is 5. The molecule has 2 aromatic heterocycles. The summed E-state index contributed by atoms with van der Waals surface area (Å²) in [6, 6.07) is 5.97. The first-order valence-corrected chi connectivity index (χ1v) is 8.74. The van der Waals surface area contributed by atoms with Crippen molar-refractivity contribution in [2.75, 3.05) is 0 Å². The highest BCUT2D eigenvalue weighted by Gasteiger charge is 2.34. The molecule has 1 fully saturated rings. The Labute approximate surface area is 146 Å². The van der Waals surface area contributed by atoms with Gasteiger partial charge in [-0.25, -0.2) is 0 Å². The minimum atomic E-state index is -0.574. The van der Waals surface area contributed by atoms with Gasteiger partial charge >= 0.3 is 0 Å². The Hall–Kier alpha value is -2.70. The molecule has 1 aliphatic heterocycles. The maximum atomic E-state index is 12.7. The van der Waals surface area contributed by atoms with Crippen LogP contribution in [0, 0.1) is 0 Å². The summed E-state index contributed by atoms with van der Waals surface area (Å²) >= 11 is 0. The number of nitrogens with one attached hydrogen (secondary N) is 1. The number of carbonyl (C=O) groups excluding carboxylic acids is 1. The van der Waals surface area contributed by atoms with Crippen LogP contribution in [0.25, 0.3) is 0 Å². The number of aromatic nitrogens is 3. The Morgan fingerprint density at radius 1 is 1.24 bits per heavy atom. The molecular formula is C18H21N5O2. The first-order valence-electron chi connectivity index (χ1n) is 8.74. The van der Waals surface area contributed by atoms with Gasteiger partial charge in [-0.1, -0.05) is 18.0 Å². The molecule has 0 unspecified atom stereocenters. The van der Waals surface area contributed by atoms with Crippen LogP contribution >= 0.6 is 0 Å². The number of carbonyl (C=O) groups is 1. The average molecular weight is 339 g/mol. The zero-order valence-corrected chi connectivity index (χ0v) is 13.9. The number of oxime groups is 1. The van der Waals surface area contributed by atoms with E-state index in [1.165, 1.54) is 0 Å². The van der Waals surface area contributed by atoms with Crippen LogP contribution < -0.4 is 5.32 Å². The fraction of sp³-hybridized carbons (Fsp3) is 0.444. The quantitative estimate of drug-likeness (QED) is 0.924. The van der Waals surface area contributed by atoms with E-state index in [0.29, 0.717) is 6.42 Å². The van der Waals surface area contributed by atoms with Crippen molar-refractivity contribution in [2.45, 2.75) is 50.3 Å². The summed E-state index contributed by atoms with van der Waals surface area (Å²) in [5, 5.41) is 11.6. The SMILES string of the molecule is O=C(N[C@@H]1CCCC[C@H]1n1cccn1)[C@H]1CC(c2cccnc2)=NO1. The van der Waals surface area contributed by atoms with Crippen molar-refractivity contribution < 1.29 is 9.63 Å². The van der Waals surface area contributed by atoms with Crippen molar-refractivity contribution in [1.82, 2.24) is 20.1 Å². The van der Waals surface area contributed by atoms with E-state index in [2.05, 4.69) is 20.6 Å². The first kappa shape index (κ1) is 15.8. The number of pyridine rings is 1. The number of hydrogen-bond donors (Lipinski definition) is 1. The Kier molecular flexibility index (Phi) is 4.45. The Morgan fingerprint density at radius 3 is 2.96 bits per heavy atom. The van der Waals surface area contributed by atoms with Crippen LogP contribution in [0.15, 0.2) is 48.1 Å². The largest absolute Gasteiger partial charge is 0.382 e. The second-order valence-corrected chi connectivity index (χ2v) is 6.53. The fourth-order valence-corrected chi connectivity index (χ4v) is 3.57. The first-order chi connectivity index (χ1) is 12.3. The highest BCUT2D eigenvalue weighted by Crippen LogP contribution is 2.28. The molecule has 0 saturated heterocycles. The highest BCUT2D eigenvalue weighted by atomic mass is 16.6. The zero-order chi connectivity index (χ0) is 17.1. The smallest absolute Gasteiger partial charge is 0.264 e. The van der Waals surface area contributed by atoms with Gasteiger partial charge in [0.05, 0.1) is 17.8 Å². The molecule has 7 nitrogen and oxygen atoms in total. The molecule has 130 valence electrons. The third-order valence-electron chi connectivity index (χ3n) is 4.88. The molecule has 3 atom stereocenters. The van der Waals surface area contributed by atoms with Crippen molar-refractivity contribution in [1.29, 1.82) is 0 Å². The molecule has 1 saturated carbocycles. The van der Waals surface area contributed by atoms with Gasteiger partial charge in [-0.15, -0.1) is 0 Å². The average Bonchev–Trinajstić information content (AvgIpc) is 3.35. The third kappa shape index (κ3) is 3.40. The highest BCUT2D eigenvalue weighted by molar-refractivity contribution is 6.03. The summed E-state index contributed by atoms with van der Waals surface area (Å²) in [6.07, 6.45) is 11.3. The van der Waals surface area contributed by atoms with Gasteiger partial charge < -0.3 is 10.2 Å². The van der Waals surface area contributed by atoms with Gasteiger partial charge in [-0.2, -0.15) is 5.10 Å². The van der Waals surface area contributed by atoms with Crippen LogP contribution in [0.3, 0.4) is 0 Å². The zero-order valence-electron chi connectivity index (χ0n) is 13.9. The molecule has 0 radical (unpaired) electrons. The lowest BCUT2D eigenvalue weighted by Gasteiger charge is -2.32. The van der Waals surface area contributed by atoms with Crippen LogP contribution in [-0.2, 0) is 9.63 Å². The summed E-state index contributed by atoms with van der Waals surface area (Å²) in [5.74, 6) is -0.105. The molecule has 25 heavy (non-hydrogen) atoms. The number of amides is 1. The normalized spacial score (nSPS) is 25.9. The second-order valence-electron chi connectivity index (χ2n) is 6.53. The lowest BCUT2D eigenvalue weighted by Crippen LogP contribution is -2.47. The summed E-state index contributed by atoms with van der Waals surface area (Å²) in [4.78, 5) is 22.1. The summed E-state index contributed by atoms with van der Waals surface area (Å²) in [5.41, 5.74) is 1.66. The van der Waals surface area contributed by atoms with Crippen LogP contribution in [0.1, 0.15) is 43.7 Å². The van der Waals surface area contributed by atoms with Crippen molar-refractivity contribution >= 4 is 11.6 Å². The van der Waals surface area contributed by atoms with Crippen molar-refractivity contribution in [3.05, 3.63) is 48.5 Å². The standard InChI is InChI=1S/C18H21N5O2/c24-18(17-11-15(22-25-17)13-5-3-8-19-12-13)21-14-6-1-2-7-16(14)23-10-4-9-20-23/h3-5,8-10,12,14,16-17H,1-2,6-7,11H2,(H,21,24)/t14-,16-,17-/m1/s1. The summed E-state index contributed by atoms with van der Waals surface area (Å²) in [6.45, 7) is 0. The predicted octanol–water partition coefficient (Wildman–Crippen LogP) is 2.07. The molecule has 1 amide bonds. The Balaban J connectivity index is 1.39. The van der Waals surface area contributed by atoms with E-state index in [1.807, 2.05) is 29.1 Å². The van der Waals surface area contributed by atoms with Gasteiger partial charge in [-0.05, 0) is 31.0 Å². The molecule has 2 aliphatic rings. The topological polar surface area (TPSA) is 81.4 Å². The minimum Gasteiger partial charge on any atom is -0.382 e. The third-order valence-corrected chi connectivity index (χ3v) is 4.88. The van der Waals surface area contributed by atoms with Crippen LogP contribution in [0.4, 0.5) is 0 Å². The van der Waals surface area contributed by atoms with Crippen molar-refractivity contribution in [3.8, 4) is 0 Å². The van der Waals surface area contributed by atoms with Gasteiger partial charge in [0, 0.05) is 36.8 Å². The van der Waals surface area contributed by atoms with E-state index in [-0.39, 0.29) is 18.0 Å². The van der Waals surface area contributed by atoms with Crippen LogP contribution in [0.5, 0.6) is 0 Å². The molecule has 0 bridgehead atoms. The fourth-order valence-electron chi connectivity index (χ4n) is 3.57.